The van der Waals surface area contributed by atoms with E-state index in [0.29, 0.717) is 18.9 Å². The molecule has 2 rings (SSSR count). The molecular weight excluding hydrogens is 250 g/mol. The zero-order valence-corrected chi connectivity index (χ0v) is 10.4. The molecule has 5 heteroatoms. The molecule has 102 valence electrons. The van der Waals surface area contributed by atoms with Crippen molar-refractivity contribution < 1.29 is 13.5 Å². The summed E-state index contributed by atoms with van der Waals surface area (Å²) in [6.45, 7) is 0.896. The van der Waals surface area contributed by atoms with E-state index >= 15 is 0 Å². The normalized spacial score (nSPS) is 12.4. The predicted molar refractivity (Wildman–Crippen MR) is 69.1 cm³/mol. The largest absolute Gasteiger partial charge is 0.493 e. The summed E-state index contributed by atoms with van der Waals surface area (Å²) in [5.74, 6) is -1.37. The highest BCUT2D eigenvalue weighted by atomic mass is 19.2. The van der Waals surface area contributed by atoms with Gasteiger partial charge in [-0.2, -0.15) is 0 Å². The smallest absolute Gasteiger partial charge is 0.162 e. The number of benzene rings is 1. The van der Waals surface area contributed by atoms with E-state index in [4.69, 9.17) is 10.5 Å². The Labute approximate surface area is 110 Å². The minimum Gasteiger partial charge on any atom is -0.493 e. The molecule has 1 heterocycles. The maximum absolute atomic E-state index is 13.0. The quantitative estimate of drug-likeness (QED) is 0.844. The Morgan fingerprint density at radius 2 is 2.05 bits per heavy atom. The van der Waals surface area contributed by atoms with Gasteiger partial charge in [0.2, 0.25) is 0 Å². The summed E-state index contributed by atoms with van der Waals surface area (Å²) in [4.78, 5) is 3.11. The first kappa shape index (κ1) is 13.5. The summed E-state index contributed by atoms with van der Waals surface area (Å²) in [6, 6.07) is 7.36. The second-order valence-electron chi connectivity index (χ2n) is 4.29. The number of nitrogens with one attached hydrogen (secondary N) is 1. The number of rotatable bonds is 6. The number of hydrogen-bond acceptors (Lipinski definition) is 2. The molecule has 0 fully saturated rings. The lowest BCUT2D eigenvalue weighted by atomic mass is 10.0. The van der Waals surface area contributed by atoms with Crippen LogP contribution in [0.4, 0.5) is 8.78 Å². The SMILES string of the molecule is NCCC(COc1ccc(F)c(F)c1)c1ccc[nH]1. The fourth-order valence-electron chi connectivity index (χ4n) is 1.89. The summed E-state index contributed by atoms with van der Waals surface area (Å²) < 4.78 is 31.3. The third-order valence-electron chi connectivity index (χ3n) is 2.92. The van der Waals surface area contributed by atoms with Gasteiger partial charge in [0, 0.05) is 23.9 Å². The van der Waals surface area contributed by atoms with Crippen LogP contribution in [0.15, 0.2) is 36.5 Å². The maximum atomic E-state index is 13.0. The van der Waals surface area contributed by atoms with Crippen molar-refractivity contribution in [3.8, 4) is 5.75 Å². The van der Waals surface area contributed by atoms with E-state index in [-0.39, 0.29) is 5.92 Å². The van der Waals surface area contributed by atoms with Crippen LogP contribution >= 0.6 is 0 Å². The molecule has 0 spiro atoms. The van der Waals surface area contributed by atoms with Crippen LogP contribution in [-0.2, 0) is 0 Å². The standard InChI is InChI=1S/C14H16F2N2O/c15-12-4-3-11(8-13(12)16)19-9-10(5-6-17)14-2-1-7-18-14/h1-4,7-8,10,18H,5-6,9,17H2. The molecule has 1 aromatic carbocycles. The molecule has 3 nitrogen and oxygen atoms in total. The van der Waals surface area contributed by atoms with E-state index in [2.05, 4.69) is 4.98 Å². The first-order valence-corrected chi connectivity index (χ1v) is 6.12. The van der Waals surface area contributed by atoms with Gasteiger partial charge in [-0.25, -0.2) is 8.78 Å². The third-order valence-corrected chi connectivity index (χ3v) is 2.92. The van der Waals surface area contributed by atoms with Crippen molar-refractivity contribution in [2.75, 3.05) is 13.2 Å². The number of aromatic nitrogens is 1. The van der Waals surface area contributed by atoms with Crippen LogP contribution in [-0.4, -0.2) is 18.1 Å². The van der Waals surface area contributed by atoms with Crippen molar-refractivity contribution in [1.29, 1.82) is 0 Å². The second-order valence-corrected chi connectivity index (χ2v) is 4.29. The lowest BCUT2D eigenvalue weighted by Crippen LogP contribution is -2.15. The summed E-state index contributed by atoms with van der Waals surface area (Å²) >= 11 is 0. The van der Waals surface area contributed by atoms with Gasteiger partial charge in [0.05, 0.1) is 6.61 Å². The molecule has 0 bridgehead atoms. The van der Waals surface area contributed by atoms with Gasteiger partial charge < -0.3 is 15.5 Å². The molecule has 0 aliphatic heterocycles. The molecule has 19 heavy (non-hydrogen) atoms. The molecule has 0 aliphatic rings. The van der Waals surface area contributed by atoms with E-state index in [1.807, 2.05) is 18.3 Å². The molecule has 1 atom stereocenters. The van der Waals surface area contributed by atoms with E-state index < -0.39 is 11.6 Å². The Morgan fingerprint density at radius 3 is 2.68 bits per heavy atom. The van der Waals surface area contributed by atoms with Gasteiger partial charge in [-0.3, -0.25) is 0 Å². The van der Waals surface area contributed by atoms with Crippen LogP contribution in [0.2, 0.25) is 0 Å². The highest BCUT2D eigenvalue weighted by molar-refractivity contribution is 5.24. The first-order valence-electron chi connectivity index (χ1n) is 6.12. The van der Waals surface area contributed by atoms with Crippen LogP contribution in [0.1, 0.15) is 18.0 Å². The Hall–Kier alpha value is -1.88. The number of aromatic amines is 1. The molecule has 3 N–H and O–H groups in total. The summed E-state index contributed by atoms with van der Waals surface area (Å²) in [6.07, 6.45) is 2.58. The highest BCUT2D eigenvalue weighted by Gasteiger charge is 2.13. The van der Waals surface area contributed by atoms with E-state index in [1.54, 1.807) is 0 Å². The van der Waals surface area contributed by atoms with E-state index in [0.717, 1.165) is 24.2 Å². The molecule has 0 aliphatic carbocycles. The number of halogens is 2. The van der Waals surface area contributed by atoms with Crippen molar-refractivity contribution in [3.63, 3.8) is 0 Å². The zero-order valence-electron chi connectivity index (χ0n) is 10.4. The third kappa shape index (κ3) is 3.54. The Balaban J connectivity index is 2.00. The van der Waals surface area contributed by atoms with Crippen molar-refractivity contribution in [2.24, 2.45) is 5.73 Å². The van der Waals surface area contributed by atoms with Crippen LogP contribution in [0, 0.1) is 11.6 Å². The molecule has 0 saturated heterocycles. The van der Waals surface area contributed by atoms with Crippen LogP contribution in [0.3, 0.4) is 0 Å². The molecular formula is C14H16F2N2O. The minimum absolute atomic E-state index is 0.105. The number of hydrogen-bond donors (Lipinski definition) is 2. The van der Waals surface area contributed by atoms with Gasteiger partial charge in [-0.15, -0.1) is 0 Å². The Morgan fingerprint density at radius 1 is 1.21 bits per heavy atom. The van der Waals surface area contributed by atoms with Crippen molar-refractivity contribution in [1.82, 2.24) is 4.98 Å². The number of ether oxygens (including phenoxy) is 1. The monoisotopic (exact) mass is 266 g/mol. The molecule has 1 aromatic heterocycles. The topological polar surface area (TPSA) is 51.0 Å². The molecule has 0 radical (unpaired) electrons. The molecule has 2 aromatic rings. The first-order chi connectivity index (χ1) is 9.20. The van der Waals surface area contributed by atoms with E-state index in [1.165, 1.54) is 6.07 Å². The average Bonchev–Trinajstić information content (AvgIpc) is 2.92. The zero-order chi connectivity index (χ0) is 13.7. The Kier molecular flexibility index (Phi) is 4.52. The fourth-order valence-corrected chi connectivity index (χ4v) is 1.89. The summed E-state index contributed by atoms with van der Waals surface area (Å²) in [5.41, 5.74) is 6.59. The number of nitrogens with two attached hydrogens (primary N) is 1. The van der Waals surface area contributed by atoms with Crippen molar-refractivity contribution in [2.45, 2.75) is 12.3 Å². The molecule has 0 saturated carbocycles. The maximum Gasteiger partial charge on any atom is 0.162 e. The molecule has 0 amide bonds. The molecule has 1 unspecified atom stereocenters. The Bertz CT molecular complexity index is 514. The van der Waals surface area contributed by atoms with Gasteiger partial charge >= 0.3 is 0 Å². The average molecular weight is 266 g/mol. The van der Waals surface area contributed by atoms with Gasteiger partial charge in [-0.1, -0.05) is 0 Å². The van der Waals surface area contributed by atoms with Gasteiger partial charge in [-0.05, 0) is 37.2 Å². The van der Waals surface area contributed by atoms with Gasteiger partial charge in [0.15, 0.2) is 11.6 Å². The lowest BCUT2D eigenvalue weighted by molar-refractivity contribution is 0.278. The predicted octanol–water partition coefficient (Wildman–Crippen LogP) is 2.80. The minimum atomic E-state index is -0.909. The van der Waals surface area contributed by atoms with Crippen molar-refractivity contribution >= 4 is 0 Å². The van der Waals surface area contributed by atoms with Gasteiger partial charge in [0.1, 0.15) is 5.75 Å². The van der Waals surface area contributed by atoms with Crippen molar-refractivity contribution in [3.05, 3.63) is 53.9 Å². The van der Waals surface area contributed by atoms with Crippen LogP contribution < -0.4 is 10.5 Å². The highest BCUT2D eigenvalue weighted by Crippen LogP contribution is 2.21. The lowest BCUT2D eigenvalue weighted by Gasteiger charge is -2.16. The second kappa shape index (κ2) is 6.33. The van der Waals surface area contributed by atoms with Gasteiger partial charge in [0.25, 0.3) is 0 Å². The number of H-pyrrole nitrogens is 1. The summed E-state index contributed by atoms with van der Waals surface area (Å²) in [7, 11) is 0. The summed E-state index contributed by atoms with van der Waals surface area (Å²) in [5, 5.41) is 0. The van der Waals surface area contributed by atoms with Crippen LogP contribution in [0.25, 0.3) is 0 Å². The fraction of sp³-hybridized carbons (Fsp3) is 0.286. The van der Waals surface area contributed by atoms with E-state index in [9.17, 15) is 8.78 Å². The van der Waals surface area contributed by atoms with Crippen LogP contribution in [0.5, 0.6) is 5.75 Å².